The van der Waals surface area contributed by atoms with Crippen molar-refractivity contribution in [3.8, 4) is 0 Å². The molecule has 3 N–H and O–H groups in total. The molecule has 122 valence electrons. The van der Waals surface area contributed by atoms with E-state index >= 15 is 0 Å². The molecule has 0 spiro atoms. The Morgan fingerprint density at radius 3 is 2.67 bits per heavy atom. The summed E-state index contributed by atoms with van der Waals surface area (Å²) in [6.07, 6.45) is 2.03. The number of benzene rings is 2. The Morgan fingerprint density at radius 1 is 1.21 bits per heavy atom. The SMILES string of the molecule is CSc1cccc(Nc2nc(N)c(C(=O)c3ccc(C)cc3)s2)c1. The van der Waals surface area contributed by atoms with Crippen LogP contribution in [0.4, 0.5) is 16.6 Å². The minimum absolute atomic E-state index is 0.101. The molecule has 0 saturated carbocycles. The second kappa shape index (κ2) is 7.07. The lowest BCUT2D eigenvalue weighted by Crippen LogP contribution is -2.02. The van der Waals surface area contributed by atoms with E-state index in [9.17, 15) is 4.79 Å². The van der Waals surface area contributed by atoms with Gasteiger partial charge < -0.3 is 11.1 Å². The summed E-state index contributed by atoms with van der Waals surface area (Å²) in [4.78, 5) is 18.5. The maximum atomic E-state index is 12.6. The summed E-state index contributed by atoms with van der Waals surface area (Å²) in [6, 6.07) is 15.5. The Labute approximate surface area is 149 Å². The number of carbonyl (C=O) groups excluding carboxylic acids is 1. The van der Waals surface area contributed by atoms with Gasteiger partial charge in [-0.25, -0.2) is 4.98 Å². The molecular weight excluding hydrogens is 338 g/mol. The summed E-state index contributed by atoms with van der Waals surface area (Å²) in [6.45, 7) is 1.99. The molecule has 0 aliphatic carbocycles. The Kier molecular flexibility index (Phi) is 4.87. The molecule has 0 aliphatic rings. The fourth-order valence-corrected chi connectivity index (χ4v) is 3.53. The number of hydrogen-bond acceptors (Lipinski definition) is 6. The second-order valence-electron chi connectivity index (χ2n) is 5.29. The number of nitrogens with one attached hydrogen (secondary N) is 1. The van der Waals surface area contributed by atoms with Crippen molar-refractivity contribution in [2.75, 3.05) is 17.3 Å². The zero-order valence-electron chi connectivity index (χ0n) is 13.4. The van der Waals surface area contributed by atoms with E-state index in [1.54, 1.807) is 11.8 Å². The van der Waals surface area contributed by atoms with Crippen LogP contribution in [0.2, 0.25) is 0 Å². The molecule has 3 aromatic rings. The molecule has 0 fully saturated rings. The third-order valence-electron chi connectivity index (χ3n) is 3.49. The number of carbonyl (C=O) groups is 1. The number of nitrogens with two attached hydrogens (primary N) is 1. The number of hydrogen-bond donors (Lipinski definition) is 2. The summed E-state index contributed by atoms with van der Waals surface area (Å²) >= 11 is 2.94. The average Bonchev–Trinajstić information content (AvgIpc) is 2.95. The second-order valence-corrected chi connectivity index (χ2v) is 7.16. The Hall–Kier alpha value is -2.31. The fraction of sp³-hybridized carbons (Fsp3) is 0.111. The van der Waals surface area contributed by atoms with Gasteiger partial charge in [0.2, 0.25) is 5.78 Å². The van der Waals surface area contributed by atoms with Gasteiger partial charge in [0.25, 0.3) is 0 Å². The molecule has 4 nitrogen and oxygen atoms in total. The van der Waals surface area contributed by atoms with Crippen LogP contribution in [-0.4, -0.2) is 17.0 Å². The van der Waals surface area contributed by atoms with Crippen molar-refractivity contribution in [2.24, 2.45) is 0 Å². The van der Waals surface area contributed by atoms with E-state index in [2.05, 4.69) is 10.3 Å². The van der Waals surface area contributed by atoms with Gasteiger partial charge in [0.1, 0.15) is 10.7 Å². The number of aryl methyl sites for hydroxylation is 1. The lowest BCUT2D eigenvalue weighted by Gasteiger charge is -2.03. The first-order valence-electron chi connectivity index (χ1n) is 7.35. The van der Waals surface area contributed by atoms with Crippen molar-refractivity contribution in [2.45, 2.75) is 11.8 Å². The van der Waals surface area contributed by atoms with Crippen LogP contribution < -0.4 is 11.1 Å². The molecule has 0 radical (unpaired) electrons. The van der Waals surface area contributed by atoms with Crippen molar-refractivity contribution in [1.82, 2.24) is 4.98 Å². The lowest BCUT2D eigenvalue weighted by atomic mass is 10.1. The maximum Gasteiger partial charge on any atom is 0.206 e. The molecule has 0 bridgehead atoms. The molecular formula is C18H17N3OS2. The Bertz CT molecular complexity index is 872. The average molecular weight is 355 g/mol. The molecule has 6 heteroatoms. The minimum Gasteiger partial charge on any atom is -0.382 e. The van der Waals surface area contributed by atoms with E-state index in [0.29, 0.717) is 15.6 Å². The van der Waals surface area contributed by atoms with Gasteiger partial charge in [-0.05, 0) is 31.4 Å². The highest BCUT2D eigenvalue weighted by Crippen LogP contribution is 2.30. The van der Waals surface area contributed by atoms with Crippen LogP contribution in [0.25, 0.3) is 0 Å². The van der Waals surface area contributed by atoms with Crippen molar-refractivity contribution >= 4 is 45.5 Å². The molecule has 24 heavy (non-hydrogen) atoms. The minimum atomic E-state index is -0.101. The normalized spacial score (nSPS) is 10.6. The van der Waals surface area contributed by atoms with Crippen LogP contribution in [0, 0.1) is 6.92 Å². The highest BCUT2D eigenvalue weighted by molar-refractivity contribution is 7.98. The standard InChI is InChI=1S/C18H17N3OS2/c1-11-6-8-12(9-7-11)15(22)16-17(19)21-18(24-16)20-13-4-3-5-14(10-13)23-2/h3-10H,19H2,1-2H3,(H,20,21). The Balaban J connectivity index is 1.84. The van der Waals surface area contributed by atoms with Crippen LogP contribution in [0.3, 0.4) is 0 Å². The number of nitrogens with zero attached hydrogens (tertiary/aromatic N) is 1. The summed E-state index contributed by atoms with van der Waals surface area (Å²) in [5.41, 5.74) is 8.60. The molecule has 1 aromatic heterocycles. The molecule has 0 atom stereocenters. The lowest BCUT2D eigenvalue weighted by molar-refractivity contribution is 0.104. The number of anilines is 3. The van der Waals surface area contributed by atoms with E-state index in [-0.39, 0.29) is 11.6 Å². The maximum absolute atomic E-state index is 12.6. The van der Waals surface area contributed by atoms with Crippen molar-refractivity contribution in [3.05, 3.63) is 64.5 Å². The van der Waals surface area contributed by atoms with Crippen molar-refractivity contribution < 1.29 is 4.79 Å². The van der Waals surface area contributed by atoms with Crippen LogP contribution in [-0.2, 0) is 0 Å². The molecule has 2 aromatic carbocycles. The van der Waals surface area contributed by atoms with Gasteiger partial charge in [0, 0.05) is 16.1 Å². The monoisotopic (exact) mass is 355 g/mol. The molecule has 0 saturated heterocycles. The number of rotatable bonds is 5. The molecule has 0 amide bonds. The molecule has 0 aliphatic heterocycles. The molecule has 3 rings (SSSR count). The van der Waals surface area contributed by atoms with Crippen molar-refractivity contribution in [3.63, 3.8) is 0 Å². The highest BCUT2D eigenvalue weighted by Gasteiger charge is 2.18. The third kappa shape index (κ3) is 3.60. The number of aromatic nitrogens is 1. The summed E-state index contributed by atoms with van der Waals surface area (Å²) in [5, 5.41) is 3.83. The van der Waals surface area contributed by atoms with E-state index < -0.39 is 0 Å². The molecule has 1 heterocycles. The van der Waals surface area contributed by atoms with Gasteiger partial charge >= 0.3 is 0 Å². The van der Waals surface area contributed by atoms with Crippen molar-refractivity contribution in [1.29, 1.82) is 0 Å². The van der Waals surface area contributed by atoms with E-state index in [0.717, 1.165) is 16.1 Å². The zero-order chi connectivity index (χ0) is 17.1. The van der Waals surface area contributed by atoms with E-state index in [1.165, 1.54) is 11.3 Å². The van der Waals surface area contributed by atoms with Gasteiger partial charge in [-0.1, -0.05) is 47.2 Å². The summed E-state index contributed by atoms with van der Waals surface area (Å²) in [7, 11) is 0. The van der Waals surface area contributed by atoms with Gasteiger partial charge in [-0.3, -0.25) is 4.79 Å². The first-order valence-corrected chi connectivity index (χ1v) is 9.39. The quantitative estimate of drug-likeness (QED) is 0.511. The van der Waals surface area contributed by atoms with E-state index in [1.807, 2.05) is 61.7 Å². The van der Waals surface area contributed by atoms with Gasteiger partial charge in [0.05, 0.1) is 0 Å². The number of thioether (sulfide) groups is 1. The highest BCUT2D eigenvalue weighted by atomic mass is 32.2. The van der Waals surface area contributed by atoms with Crippen LogP contribution in [0.15, 0.2) is 53.4 Å². The third-order valence-corrected chi connectivity index (χ3v) is 5.21. The molecule has 0 unspecified atom stereocenters. The number of ketones is 1. The zero-order valence-corrected chi connectivity index (χ0v) is 15.0. The van der Waals surface area contributed by atoms with Gasteiger partial charge in [0.15, 0.2) is 5.13 Å². The predicted octanol–water partition coefficient (Wildman–Crippen LogP) is 4.73. The van der Waals surface area contributed by atoms with Crippen LogP contribution in [0.5, 0.6) is 0 Å². The largest absolute Gasteiger partial charge is 0.382 e. The predicted molar refractivity (Wildman–Crippen MR) is 103 cm³/mol. The smallest absolute Gasteiger partial charge is 0.206 e. The topological polar surface area (TPSA) is 68.0 Å². The van der Waals surface area contributed by atoms with Gasteiger partial charge in [-0.15, -0.1) is 11.8 Å². The Morgan fingerprint density at radius 2 is 1.96 bits per heavy atom. The number of thiazole rings is 1. The van der Waals surface area contributed by atoms with Gasteiger partial charge in [-0.2, -0.15) is 0 Å². The summed E-state index contributed by atoms with van der Waals surface area (Å²) < 4.78 is 0. The van der Waals surface area contributed by atoms with E-state index in [4.69, 9.17) is 5.73 Å². The van der Waals surface area contributed by atoms with Crippen LogP contribution >= 0.6 is 23.1 Å². The van der Waals surface area contributed by atoms with Crippen LogP contribution in [0.1, 0.15) is 20.8 Å². The summed E-state index contributed by atoms with van der Waals surface area (Å²) in [5.74, 6) is 0.157. The fourth-order valence-electron chi connectivity index (χ4n) is 2.21. The first kappa shape index (κ1) is 16.5. The first-order chi connectivity index (χ1) is 11.6. The number of nitrogen functional groups attached to an aromatic ring is 1.